The van der Waals surface area contributed by atoms with Crippen LogP contribution in [0, 0.1) is 87.3 Å². The van der Waals surface area contributed by atoms with Crippen LogP contribution in [0.4, 0.5) is 65.9 Å². The van der Waals surface area contributed by atoms with Gasteiger partial charge < -0.3 is 4.98 Å². The molecule has 0 atom stereocenters. The van der Waals surface area contributed by atoms with Gasteiger partial charge in [0.15, 0.2) is 69.8 Å². The van der Waals surface area contributed by atoms with E-state index in [1.165, 1.54) is 0 Å². The molecule has 27 heteroatoms. The average Bonchev–Trinajstić information content (AvgIpc) is 4.07. The number of nitrogens with one attached hydrogen (secondary N) is 1. The molecule has 0 unspecified atom stereocenters. The van der Waals surface area contributed by atoms with Crippen LogP contribution in [-0.2, 0) is 18.1 Å². The minimum Gasteiger partial charge on any atom is -0.352 e. The van der Waals surface area contributed by atoms with Crippen LogP contribution in [0.1, 0.15) is 28.1 Å². The second-order valence-corrected chi connectivity index (χ2v) is 18.1. The Morgan fingerprint density at radius 1 is 0.422 bits per heavy atom. The predicted octanol–water partition coefficient (Wildman–Crippen LogP) is 9.90. The number of rotatable bonds is 5. The molecule has 330 valence electrons. The molecule has 0 saturated carbocycles. The topological polar surface area (TPSA) is 121 Å². The van der Waals surface area contributed by atoms with Crippen molar-refractivity contribution in [3.05, 3.63) is 174 Å². The van der Waals surface area contributed by atoms with Crippen molar-refractivity contribution in [1.29, 1.82) is 0 Å². The van der Waals surface area contributed by atoms with Crippen LogP contribution in [0.2, 0.25) is 0 Å². The van der Waals surface area contributed by atoms with Crippen LogP contribution in [0.25, 0.3) is 16.7 Å². The number of hydrogen-bond acceptors (Lipinski definition) is 7. The van der Waals surface area contributed by atoms with E-state index in [1.54, 1.807) is 0 Å². The van der Waals surface area contributed by atoms with E-state index in [2.05, 4.69) is 20.0 Å². The molecular weight excluding hydrogens is 984 g/mol. The Labute approximate surface area is 353 Å². The molecule has 0 fully saturated rings. The predicted molar refractivity (Wildman–Crippen MR) is 195 cm³/mol. The van der Waals surface area contributed by atoms with E-state index < -0.39 is 194 Å². The third-order valence-corrected chi connectivity index (χ3v) is 12.2. The first kappa shape index (κ1) is 44.4. The second kappa shape index (κ2) is 15.0. The van der Waals surface area contributed by atoms with Crippen LogP contribution < -0.4 is 0 Å². The Morgan fingerprint density at radius 3 is 1.19 bits per heavy atom. The molecule has 0 saturated heterocycles. The summed E-state index contributed by atoms with van der Waals surface area (Å²) in [6, 6.07) is 0.374. The number of aromatic nitrogens is 1. The zero-order valence-corrected chi connectivity index (χ0v) is 32.8. The van der Waals surface area contributed by atoms with Crippen molar-refractivity contribution in [3.63, 3.8) is 0 Å². The summed E-state index contributed by atoms with van der Waals surface area (Å²) in [5.74, 6) is -40.5. The lowest BCUT2D eigenvalue weighted by Crippen LogP contribution is -2.13. The molecule has 8 rings (SSSR count). The van der Waals surface area contributed by atoms with Gasteiger partial charge in [-0.15, -0.1) is 0 Å². The monoisotopic (exact) mass is 990 g/mol. The molecule has 4 aliphatic rings. The second-order valence-electron chi connectivity index (χ2n) is 13.0. The van der Waals surface area contributed by atoms with Gasteiger partial charge in [0.25, 0.3) is 18.1 Å². The van der Waals surface area contributed by atoms with E-state index in [4.69, 9.17) is 21.4 Å². The number of nitrogens with zero attached hydrogens (tertiary/aromatic N) is 3. The maximum absolute atomic E-state index is 15.8. The van der Waals surface area contributed by atoms with Crippen molar-refractivity contribution < 1.29 is 82.7 Å². The minimum absolute atomic E-state index is 0.350. The Hall–Kier alpha value is -6.18. The Morgan fingerprint density at radius 2 is 0.781 bits per heavy atom. The summed E-state index contributed by atoms with van der Waals surface area (Å²) < 4.78 is 279. The fraction of sp³-hybridized carbons (Fsp3) is 0. The van der Waals surface area contributed by atoms with Gasteiger partial charge in [-0.1, -0.05) is 0 Å². The van der Waals surface area contributed by atoms with Gasteiger partial charge in [0.1, 0.15) is 9.80 Å². The highest BCUT2D eigenvalue weighted by atomic mass is 35.7. The number of fused-ring (bicyclic) bond motifs is 6. The van der Waals surface area contributed by atoms with Crippen LogP contribution in [0.15, 0.2) is 78.3 Å². The van der Waals surface area contributed by atoms with Crippen LogP contribution in [0.3, 0.4) is 0 Å². The summed E-state index contributed by atoms with van der Waals surface area (Å²) in [5.41, 5.74) is -19.6. The minimum atomic E-state index is -5.41. The summed E-state index contributed by atoms with van der Waals surface area (Å²) in [5, 5.41) is 0. The first-order valence-corrected chi connectivity index (χ1v) is 21.2. The first-order chi connectivity index (χ1) is 29.8. The maximum atomic E-state index is 15.8. The highest BCUT2D eigenvalue weighted by Crippen LogP contribution is 2.45. The van der Waals surface area contributed by atoms with Gasteiger partial charge in [0.05, 0.1) is 62.3 Å². The molecule has 5 heterocycles. The molecule has 3 aromatic carbocycles. The average molecular weight is 991 g/mol. The molecular formula is C37H7Cl2F15N4O4S2. The van der Waals surface area contributed by atoms with Gasteiger partial charge in [0.2, 0.25) is 17.5 Å². The lowest BCUT2D eigenvalue weighted by molar-refractivity contribution is 0.376. The molecule has 0 radical (unpaired) electrons. The summed E-state index contributed by atoms with van der Waals surface area (Å²) in [4.78, 5) is 10.9. The molecule has 1 N–H and O–H groups in total. The van der Waals surface area contributed by atoms with Gasteiger partial charge in [-0.2, -0.15) is 0 Å². The number of benzene rings is 3. The third-order valence-electron chi connectivity index (χ3n) is 9.49. The summed E-state index contributed by atoms with van der Waals surface area (Å²) in [6.45, 7) is 0. The van der Waals surface area contributed by atoms with Crippen molar-refractivity contribution in [2.24, 2.45) is 15.0 Å². The fourth-order valence-corrected chi connectivity index (χ4v) is 8.75. The van der Waals surface area contributed by atoms with Gasteiger partial charge in [-0.25, -0.2) is 97.7 Å². The quantitative estimate of drug-likeness (QED) is 0.0927. The number of aromatic amines is 1. The zero-order chi connectivity index (χ0) is 47.0. The van der Waals surface area contributed by atoms with Gasteiger partial charge in [-0.3, -0.25) is 0 Å². The molecule has 8 nitrogen and oxygen atoms in total. The van der Waals surface area contributed by atoms with Crippen molar-refractivity contribution in [3.8, 4) is 0 Å². The number of halogens is 17. The van der Waals surface area contributed by atoms with Crippen molar-refractivity contribution in [1.82, 2.24) is 4.98 Å². The number of aliphatic imine (C=N–C) groups is 3. The fourth-order valence-electron chi connectivity index (χ4n) is 6.75. The lowest BCUT2D eigenvalue weighted by atomic mass is 9.96. The first-order valence-electron chi connectivity index (χ1n) is 16.5. The van der Waals surface area contributed by atoms with Crippen LogP contribution in [0.5, 0.6) is 0 Å². The SMILES string of the molecule is O=S(=O)(Cl)C1=CC2=NC1=C(c1c(F)c(F)c(F)c(F)c1F)C1=NC(=C(c3c(F)c(F)c(F)c(F)c3F)C3=NC(=C(c4c(F)c(F)c(F)c(F)c4F)c4[nH]c2cc4S(=O)(=O)Cl)C=C3)C=C1. The van der Waals surface area contributed by atoms with E-state index in [0.717, 1.165) is 0 Å². The molecule has 64 heavy (non-hydrogen) atoms. The molecule has 8 bridgehead atoms. The van der Waals surface area contributed by atoms with Crippen LogP contribution in [-0.4, -0.2) is 39.0 Å². The number of hydrogen-bond donors (Lipinski definition) is 1. The van der Waals surface area contributed by atoms with E-state index in [9.17, 15) is 56.3 Å². The standard InChI is InChI=1S/C37H7Cl2F15N4O4S2/c38-63(59,60)13-5-11-12-6-14(64(39,61)62)37(58-12)17(20-25(44)31(50)35(54)32(51)26(20)45)10-4-2-8(56-10)15(18-21(40)27(46)33(52)28(47)22(18)41)7-1-3-9(55-7)16(36(13)57-11)19-23(42)29(48)34(53)30(49)24(19)43/h1-6,57H. The Bertz CT molecular complexity index is 3410. The van der Waals surface area contributed by atoms with Gasteiger partial charge >= 0.3 is 0 Å². The van der Waals surface area contributed by atoms with E-state index >= 15 is 26.3 Å². The van der Waals surface area contributed by atoms with E-state index in [-0.39, 0.29) is 0 Å². The van der Waals surface area contributed by atoms with E-state index in [0.29, 0.717) is 36.4 Å². The molecule has 1 aromatic heterocycles. The molecule has 4 aromatic rings. The zero-order valence-electron chi connectivity index (χ0n) is 29.7. The molecule has 4 aliphatic heterocycles. The van der Waals surface area contributed by atoms with Crippen molar-refractivity contribution >= 4 is 73.3 Å². The normalized spacial score (nSPS) is 16.2. The highest BCUT2D eigenvalue weighted by Gasteiger charge is 2.40. The third kappa shape index (κ3) is 6.57. The largest absolute Gasteiger partial charge is 0.352 e. The summed E-state index contributed by atoms with van der Waals surface area (Å²) in [7, 11) is 0.458. The number of allylic oxidation sites excluding steroid dienone is 7. The maximum Gasteiger partial charge on any atom is 0.263 e. The molecule has 0 spiro atoms. The summed E-state index contributed by atoms with van der Waals surface area (Å²) in [6.07, 6.45) is 2.45. The van der Waals surface area contributed by atoms with Crippen LogP contribution >= 0.6 is 21.4 Å². The van der Waals surface area contributed by atoms with Gasteiger partial charge in [-0.05, 0) is 36.4 Å². The Balaban J connectivity index is 1.65. The van der Waals surface area contributed by atoms with Crippen molar-refractivity contribution in [2.75, 3.05) is 0 Å². The lowest BCUT2D eigenvalue weighted by Gasteiger charge is -2.15. The van der Waals surface area contributed by atoms with Gasteiger partial charge in [0, 0.05) is 38.1 Å². The smallest absolute Gasteiger partial charge is 0.263 e. The Kier molecular flexibility index (Phi) is 10.4. The molecule has 0 amide bonds. The van der Waals surface area contributed by atoms with E-state index in [1.807, 2.05) is 0 Å². The van der Waals surface area contributed by atoms with Crippen molar-refractivity contribution in [2.45, 2.75) is 4.90 Å². The number of H-pyrrole nitrogens is 1. The highest BCUT2D eigenvalue weighted by molar-refractivity contribution is 8.17. The summed E-state index contributed by atoms with van der Waals surface area (Å²) >= 11 is 0. The molecule has 0 aliphatic carbocycles.